The van der Waals surface area contributed by atoms with E-state index in [2.05, 4.69) is 9.88 Å². The molecule has 0 radical (unpaired) electrons. The molecule has 1 N–H and O–H groups in total. The second-order valence-electron chi connectivity index (χ2n) is 2.49. The van der Waals surface area contributed by atoms with Crippen LogP contribution in [0.2, 0.25) is 0 Å². The molecule has 74 valence electrons. The van der Waals surface area contributed by atoms with Crippen molar-refractivity contribution in [2.75, 3.05) is 18.1 Å². The summed E-state index contributed by atoms with van der Waals surface area (Å²) in [7, 11) is -1.79. The molecule has 6 nitrogen and oxygen atoms in total. The van der Waals surface area contributed by atoms with Crippen molar-refractivity contribution in [3.05, 3.63) is 11.8 Å². The number of ether oxygens (including phenoxy) is 1. The Labute approximate surface area is 75.9 Å². The van der Waals surface area contributed by atoms with E-state index in [1.165, 1.54) is 13.2 Å². The van der Waals surface area contributed by atoms with Gasteiger partial charge in [0.15, 0.2) is 11.6 Å². The molecule has 0 fully saturated rings. The van der Waals surface area contributed by atoms with E-state index >= 15 is 0 Å². The van der Waals surface area contributed by atoms with Crippen LogP contribution < -0.4 is 4.72 Å². The van der Waals surface area contributed by atoms with Crippen LogP contribution in [0, 0.1) is 0 Å². The first-order valence-electron chi connectivity index (χ1n) is 3.43. The van der Waals surface area contributed by atoms with Crippen molar-refractivity contribution >= 4 is 15.8 Å². The standard InChI is InChI=1S/C6H10N2O4S/c1-11-4-5-3-6(7-12-5)8-13(2,9)10/h3H,4H2,1-2H3,(H,7,8). The summed E-state index contributed by atoms with van der Waals surface area (Å²) in [6.45, 7) is 0.262. The van der Waals surface area contributed by atoms with Gasteiger partial charge in [0.2, 0.25) is 10.0 Å². The molecule has 1 aromatic rings. The summed E-state index contributed by atoms with van der Waals surface area (Å²) in [5.41, 5.74) is 0. The highest BCUT2D eigenvalue weighted by atomic mass is 32.2. The van der Waals surface area contributed by atoms with Crippen molar-refractivity contribution in [1.29, 1.82) is 0 Å². The SMILES string of the molecule is COCc1cc(NS(C)(=O)=O)no1. The van der Waals surface area contributed by atoms with E-state index in [1.54, 1.807) is 0 Å². The van der Waals surface area contributed by atoms with E-state index in [4.69, 9.17) is 9.26 Å². The zero-order valence-electron chi connectivity index (χ0n) is 7.27. The molecule has 7 heteroatoms. The Morgan fingerprint density at radius 2 is 2.38 bits per heavy atom. The van der Waals surface area contributed by atoms with E-state index in [9.17, 15) is 8.42 Å². The van der Waals surface area contributed by atoms with Crippen molar-refractivity contribution in [1.82, 2.24) is 5.16 Å². The quantitative estimate of drug-likeness (QED) is 0.760. The molecule has 0 saturated heterocycles. The fourth-order valence-electron chi connectivity index (χ4n) is 0.761. The molecule has 0 aliphatic rings. The number of rotatable bonds is 4. The Morgan fingerprint density at radius 1 is 1.69 bits per heavy atom. The van der Waals surface area contributed by atoms with Gasteiger partial charge in [0, 0.05) is 13.2 Å². The van der Waals surface area contributed by atoms with Crippen LogP contribution in [0.3, 0.4) is 0 Å². The molecule has 0 spiro atoms. The second-order valence-corrected chi connectivity index (χ2v) is 4.23. The normalized spacial score (nSPS) is 11.5. The zero-order valence-corrected chi connectivity index (χ0v) is 8.09. The molecule has 1 aromatic heterocycles. The van der Waals surface area contributed by atoms with E-state index in [-0.39, 0.29) is 12.4 Å². The van der Waals surface area contributed by atoms with Gasteiger partial charge in [-0.05, 0) is 0 Å². The predicted molar refractivity (Wildman–Crippen MR) is 45.7 cm³/mol. The Morgan fingerprint density at radius 3 is 2.92 bits per heavy atom. The molecule has 0 atom stereocenters. The maximum atomic E-state index is 10.7. The van der Waals surface area contributed by atoms with E-state index in [0.717, 1.165) is 6.26 Å². The van der Waals surface area contributed by atoms with Crippen LogP contribution in [0.5, 0.6) is 0 Å². The summed E-state index contributed by atoms with van der Waals surface area (Å²) in [4.78, 5) is 0. The fourth-order valence-corrected chi connectivity index (χ4v) is 1.24. The van der Waals surface area contributed by atoms with Crippen LogP contribution in [0.15, 0.2) is 10.6 Å². The van der Waals surface area contributed by atoms with Crippen molar-refractivity contribution < 1.29 is 17.7 Å². The van der Waals surface area contributed by atoms with Crippen LogP contribution >= 0.6 is 0 Å². The number of aromatic nitrogens is 1. The van der Waals surface area contributed by atoms with Crippen molar-refractivity contribution in [2.45, 2.75) is 6.61 Å². The van der Waals surface area contributed by atoms with Crippen molar-refractivity contribution in [3.63, 3.8) is 0 Å². The van der Waals surface area contributed by atoms with E-state index in [1.807, 2.05) is 0 Å². The third-order valence-corrected chi connectivity index (χ3v) is 1.72. The third-order valence-electron chi connectivity index (χ3n) is 1.14. The molecule has 0 unspecified atom stereocenters. The number of anilines is 1. The molecule has 0 amide bonds. The lowest BCUT2D eigenvalue weighted by Gasteiger charge is -1.94. The van der Waals surface area contributed by atoms with Crippen LogP contribution in [0.1, 0.15) is 5.76 Å². The Bertz CT molecular complexity index is 370. The van der Waals surface area contributed by atoms with Crippen molar-refractivity contribution in [2.24, 2.45) is 0 Å². The molecule has 0 saturated carbocycles. The molecular weight excluding hydrogens is 196 g/mol. The fraction of sp³-hybridized carbons (Fsp3) is 0.500. The molecule has 0 bridgehead atoms. The van der Waals surface area contributed by atoms with Crippen molar-refractivity contribution in [3.8, 4) is 0 Å². The minimum atomic E-state index is -3.29. The van der Waals surface area contributed by atoms with E-state index in [0.29, 0.717) is 5.76 Å². The molecule has 1 heterocycles. The Hall–Kier alpha value is -1.08. The maximum absolute atomic E-state index is 10.7. The lowest BCUT2D eigenvalue weighted by molar-refractivity contribution is 0.156. The molecule has 1 rings (SSSR count). The predicted octanol–water partition coefficient (Wildman–Crippen LogP) is 0.192. The number of nitrogens with zero attached hydrogens (tertiary/aromatic N) is 1. The zero-order chi connectivity index (χ0) is 9.90. The Balaban J connectivity index is 2.69. The third kappa shape index (κ3) is 3.43. The topological polar surface area (TPSA) is 81.4 Å². The average Bonchev–Trinajstić information content (AvgIpc) is 2.33. The number of methoxy groups -OCH3 is 1. The summed E-state index contributed by atoms with van der Waals surface area (Å²) in [6, 6.07) is 1.46. The summed E-state index contributed by atoms with van der Waals surface area (Å²) < 4.78 is 33.2. The van der Waals surface area contributed by atoms with Gasteiger partial charge in [-0.15, -0.1) is 0 Å². The highest BCUT2D eigenvalue weighted by molar-refractivity contribution is 7.92. The van der Waals surface area contributed by atoms with Gasteiger partial charge in [0.05, 0.1) is 6.26 Å². The average molecular weight is 206 g/mol. The van der Waals surface area contributed by atoms with Gasteiger partial charge in [-0.3, -0.25) is 4.72 Å². The number of sulfonamides is 1. The number of nitrogens with one attached hydrogen (secondary N) is 1. The van der Waals surface area contributed by atoms with Gasteiger partial charge in [-0.1, -0.05) is 5.16 Å². The van der Waals surface area contributed by atoms with Gasteiger partial charge < -0.3 is 9.26 Å². The van der Waals surface area contributed by atoms with Crippen LogP contribution in [-0.2, 0) is 21.4 Å². The largest absolute Gasteiger partial charge is 0.377 e. The van der Waals surface area contributed by atoms with Gasteiger partial charge in [-0.25, -0.2) is 8.42 Å². The lowest BCUT2D eigenvalue weighted by Crippen LogP contribution is -2.09. The monoisotopic (exact) mass is 206 g/mol. The first kappa shape index (κ1) is 10.0. The van der Waals surface area contributed by atoms with Crippen LogP contribution in [0.25, 0.3) is 0 Å². The van der Waals surface area contributed by atoms with Gasteiger partial charge in [-0.2, -0.15) is 0 Å². The molecule has 0 aliphatic carbocycles. The minimum absolute atomic E-state index is 0.162. The second kappa shape index (κ2) is 3.75. The smallest absolute Gasteiger partial charge is 0.231 e. The first-order valence-corrected chi connectivity index (χ1v) is 5.33. The summed E-state index contributed by atoms with van der Waals surface area (Å²) >= 11 is 0. The lowest BCUT2D eigenvalue weighted by atomic mass is 10.5. The molecule has 13 heavy (non-hydrogen) atoms. The molecule has 0 aliphatic heterocycles. The van der Waals surface area contributed by atoms with Gasteiger partial charge in [0.1, 0.15) is 6.61 Å². The molecule has 0 aromatic carbocycles. The summed E-state index contributed by atoms with van der Waals surface area (Å²) in [6.07, 6.45) is 1.04. The number of hydrogen-bond donors (Lipinski definition) is 1. The first-order chi connectivity index (χ1) is 6.01. The van der Waals surface area contributed by atoms with E-state index < -0.39 is 10.0 Å². The minimum Gasteiger partial charge on any atom is -0.377 e. The highest BCUT2D eigenvalue weighted by Crippen LogP contribution is 2.10. The highest BCUT2D eigenvalue weighted by Gasteiger charge is 2.07. The van der Waals surface area contributed by atoms with Crippen LogP contribution in [0.4, 0.5) is 5.82 Å². The maximum Gasteiger partial charge on any atom is 0.231 e. The number of hydrogen-bond acceptors (Lipinski definition) is 5. The summed E-state index contributed by atoms with van der Waals surface area (Å²) in [5, 5.41) is 3.47. The van der Waals surface area contributed by atoms with Gasteiger partial charge in [0.25, 0.3) is 0 Å². The summed E-state index contributed by atoms with van der Waals surface area (Å²) in [5.74, 6) is 0.628. The van der Waals surface area contributed by atoms with Crippen LogP contribution in [-0.4, -0.2) is 26.9 Å². The Kier molecular flexibility index (Phi) is 2.89. The van der Waals surface area contributed by atoms with Gasteiger partial charge >= 0.3 is 0 Å². The molecular formula is C6H10N2O4S.